The van der Waals surface area contributed by atoms with Crippen LogP contribution in [0.3, 0.4) is 0 Å². The van der Waals surface area contributed by atoms with E-state index in [-0.39, 0.29) is 25.4 Å². The third-order valence-electron chi connectivity index (χ3n) is 4.25. The largest absolute Gasteiger partial charge is 0.351 e. The molecule has 1 aliphatic heterocycles. The first-order valence-corrected chi connectivity index (χ1v) is 8.40. The molecule has 1 aliphatic rings. The number of carbonyl (C=O) groups is 2. The van der Waals surface area contributed by atoms with Gasteiger partial charge in [-0.2, -0.15) is 9.57 Å². The third kappa shape index (κ3) is 3.44. The van der Waals surface area contributed by atoms with Crippen molar-refractivity contribution < 1.29 is 19.4 Å². The Morgan fingerprint density at radius 1 is 1.15 bits per heavy atom. The quantitative estimate of drug-likeness (QED) is 0.409. The summed E-state index contributed by atoms with van der Waals surface area (Å²) < 4.78 is 2.39. The zero-order valence-corrected chi connectivity index (χ0v) is 14.2. The minimum Gasteiger partial charge on any atom is -0.337 e. The molecule has 1 saturated heterocycles. The summed E-state index contributed by atoms with van der Waals surface area (Å²) in [4.78, 5) is 46.2. The molecule has 138 valence electrons. The Morgan fingerprint density at radius 3 is 2.74 bits per heavy atom. The Kier molecular flexibility index (Phi) is 4.43. The molecule has 4 rings (SSSR count). The number of piperidine rings is 1. The van der Waals surface area contributed by atoms with Gasteiger partial charge in [0.2, 0.25) is 5.91 Å². The fourth-order valence-corrected chi connectivity index (χ4v) is 2.88. The summed E-state index contributed by atoms with van der Waals surface area (Å²) >= 11 is 0. The number of amides is 2. The van der Waals surface area contributed by atoms with Crippen LogP contribution in [0.1, 0.15) is 24.4 Å². The number of pyridine rings is 1. The van der Waals surface area contributed by atoms with Gasteiger partial charge in [0.25, 0.3) is 5.91 Å². The van der Waals surface area contributed by atoms with Crippen molar-refractivity contribution in [1.29, 1.82) is 0 Å². The van der Waals surface area contributed by atoms with Gasteiger partial charge in [0, 0.05) is 24.8 Å². The highest BCUT2D eigenvalue weighted by atomic mass is 17.2. The standard InChI is InChI=1S/C18H16N4O5/c23-16-7-6-14(17(24)19-16)22-18(25)21-9-8-13(10-15(21)20-22)27-26-11-12-4-2-1-3-5-12/h1-5,8-10,14H,6-7,11H2,(H,19,23,24). The summed E-state index contributed by atoms with van der Waals surface area (Å²) in [5, 5.41) is 6.42. The highest BCUT2D eigenvalue weighted by molar-refractivity contribution is 5.99. The Labute approximate surface area is 153 Å². The molecule has 2 amide bonds. The number of benzene rings is 1. The molecule has 0 radical (unpaired) electrons. The second-order valence-electron chi connectivity index (χ2n) is 6.12. The average molecular weight is 368 g/mol. The van der Waals surface area contributed by atoms with Crippen molar-refractivity contribution in [2.75, 3.05) is 0 Å². The Morgan fingerprint density at radius 2 is 1.96 bits per heavy atom. The predicted molar refractivity (Wildman–Crippen MR) is 92.7 cm³/mol. The molecule has 9 heteroatoms. The number of rotatable bonds is 5. The number of aromatic nitrogens is 3. The van der Waals surface area contributed by atoms with Crippen LogP contribution < -0.4 is 15.9 Å². The molecular weight excluding hydrogens is 352 g/mol. The monoisotopic (exact) mass is 368 g/mol. The molecule has 2 aromatic heterocycles. The van der Waals surface area contributed by atoms with Crippen molar-refractivity contribution in [3.8, 4) is 5.75 Å². The zero-order chi connectivity index (χ0) is 18.8. The van der Waals surface area contributed by atoms with Gasteiger partial charge in [-0.3, -0.25) is 19.3 Å². The number of imide groups is 1. The van der Waals surface area contributed by atoms with E-state index in [0.717, 1.165) is 10.2 Å². The summed E-state index contributed by atoms with van der Waals surface area (Å²) in [6.45, 7) is 0.267. The first kappa shape index (κ1) is 17.0. The van der Waals surface area contributed by atoms with E-state index < -0.39 is 17.6 Å². The van der Waals surface area contributed by atoms with Gasteiger partial charge in [0.05, 0.1) is 0 Å². The topological polar surface area (TPSA) is 104 Å². The maximum atomic E-state index is 12.5. The first-order valence-electron chi connectivity index (χ1n) is 8.40. The van der Waals surface area contributed by atoms with Gasteiger partial charge in [-0.05, 0) is 12.0 Å². The van der Waals surface area contributed by atoms with Gasteiger partial charge in [0.15, 0.2) is 11.4 Å². The number of nitrogens with zero attached hydrogens (tertiary/aromatic N) is 3. The van der Waals surface area contributed by atoms with E-state index in [4.69, 9.17) is 9.78 Å². The van der Waals surface area contributed by atoms with Gasteiger partial charge in [-0.1, -0.05) is 30.3 Å². The maximum absolute atomic E-state index is 12.5. The summed E-state index contributed by atoms with van der Waals surface area (Å²) in [7, 11) is 0. The molecule has 3 aromatic rings. The highest BCUT2D eigenvalue weighted by Gasteiger charge is 2.30. The summed E-state index contributed by atoms with van der Waals surface area (Å²) in [5.41, 5.74) is 0.804. The number of hydrogen-bond donors (Lipinski definition) is 1. The molecule has 1 atom stereocenters. The molecule has 0 bridgehead atoms. The van der Waals surface area contributed by atoms with Crippen LogP contribution >= 0.6 is 0 Å². The molecule has 1 unspecified atom stereocenters. The van der Waals surface area contributed by atoms with E-state index in [0.29, 0.717) is 11.4 Å². The molecule has 0 spiro atoms. The van der Waals surface area contributed by atoms with Crippen LogP contribution in [-0.4, -0.2) is 26.0 Å². The molecular formula is C18H16N4O5. The van der Waals surface area contributed by atoms with Crippen LogP contribution in [0.5, 0.6) is 5.75 Å². The Hall–Kier alpha value is -3.46. The lowest BCUT2D eigenvalue weighted by molar-refractivity contribution is -0.217. The van der Waals surface area contributed by atoms with Crippen LogP contribution in [-0.2, 0) is 21.1 Å². The van der Waals surface area contributed by atoms with Crippen molar-refractivity contribution in [1.82, 2.24) is 19.5 Å². The summed E-state index contributed by atoms with van der Waals surface area (Å²) in [6, 6.07) is 11.8. The summed E-state index contributed by atoms with van der Waals surface area (Å²) in [5.74, 6) is -0.502. The molecule has 1 aromatic carbocycles. The third-order valence-corrected chi connectivity index (χ3v) is 4.25. The van der Waals surface area contributed by atoms with E-state index in [1.54, 1.807) is 6.07 Å². The van der Waals surface area contributed by atoms with E-state index in [9.17, 15) is 14.4 Å². The summed E-state index contributed by atoms with van der Waals surface area (Å²) in [6.07, 6.45) is 1.89. The van der Waals surface area contributed by atoms with E-state index in [2.05, 4.69) is 10.4 Å². The minimum absolute atomic E-state index is 0.165. The van der Waals surface area contributed by atoms with E-state index in [1.165, 1.54) is 16.7 Å². The second kappa shape index (κ2) is 7.04. The van der Waals surface area contributed by atoms with Crippen LogP contribution in [0.15, 0.2) is 53.5 Å². The second-order valence-corrected chi connectivity index (χ2v) is 6.12. The molecule has 3 heterocycles. The van der Waals surface area contributed by atoms with Gasteiger partial charge in [0.1, 0.15) is 12.6 Å². The first-order chi connectivity index (χ1) is 13.1. The fourth-order valence-electron chi connectivity index (χ4n) is 2.88. The lowest BCUT2D eigenvalue weighted by atomic mass is 10.1. The molecule has 27 heavy (non-hydrogen) atoms. The van der Waals surface area contributed by atoms with Crippen molar-refractivity contribution in [2.45, 2.75) is 25.5 Å². The van der Waals surface area contributed by atoms with Crippen molar-refractivity contribution in [3.63, 3.8) is 0 Å². The predicted octanol–water partition coefficient (Wildman–Crippen LogP) is 0.984. The van der Waals surface area contributed by atoms with Gasteiger partial charge in [-0.15, -0.1) is 5.10 Å². The lowest BCUT2D eigenvalue weighted by Crippen LogP contribution is -2.44. The van der Waals surface area contributed by atoms with Crippen molar-refractivity contribution in [3.05, 3.63) is 64.7 Å². The zero-order valence-electron chi connectivity index (χ0n) is 14.2. The molecule has 9 nitrogen and oxygen atoms in total. The van der Waals surface area contributed by atoms with Gasteiger partial charge >= 0.3 is 5.69 Å². The van der Waals surface area contributed by atoms with Crippen molar-refractivity contribution in [2.24, 2.45) is 0 Å². The normalized spacial score (nSPS) is 17.1. The Balaban J connectivity index is 1.52. The minimum atomic E-state index is -0.811. The smallest absolute Gasteiger partial charge is 0.337 e. The molecule has 0 aliphatic carbocycles. The van der Waals surface area contributed by atoms with Crippen LogP contribution in [0.4, 0.5) is 0 Å². The molecule has 0 saturated carbocycles. The number of fused-ring (bicyclic) bond motifs is 1. The van der Waals surface area contributed by atoms with Crippen LogP contribution in [0.25, 0.3) is 5.65 Å². The SMILES string of the molecule is O=C1CCC(n2nc3cc(OOCc4ccccc4)ccn3c2=O)C(=O)N1. The van der Waals surface area contributed by atoms with Crippen molar-refractivity contribution >= 4 is 17.5 Å². The van der Waals surface area contributed by atoms with E-state index >= 15 is 0 Å². The number of nitrogens with one attached hydrogen (secondary N) is 1. The maximum Gasteiger partial charge on any atom is 0.351 e. The molecule has 1 fully saturated rings. The number of carbonyl (C=O) groups excluding carboxylic acids is 2. The Bertz CT molecular complexity index is 1060. The lowest BCUT2D eigenvalue weighted by Gasteiger charge is -2.19. The fraction of sp³-hybridized carbons (Fsp3) is 0.222. The number of hydrogen-bond acceptors (Lipinski definition) is 6. The highest BCUT2D eigenvalue weighted by Crippen LogP contribution is 2.18. The van der Waals surface area contributed by atoms with Gasteiger partial charge in [-0.25, -0.2) is 4.79 Å². The van der Waals surface area contributed by atoms with E-state index in [1.807, 2.05) is 30.3 Å². The van der Waals surface area contributed by atoms with Crippen LogP contribution in [0, 0.1) is 0 Å². The molecule has 1 N–H and O–H groups in total. The van der Waals surface area contributed by atoms with Crippen LogP contribution in [0.2, 0.25) is 0 Å². The average Bonchev–Trinajstić information content (AvgIpc) is 2.99. The van der Waals surface area contributed by atoms with Gasteiger partial charge < -0.3 is 4.89 Å².